The van der Waals surface area contributed by atoms with E-state index in [1.807, 2.05) is 32.1 Å². The summed E-state index contributed by atoms with van der Waals surface area (Å²) in [6.45, 7) is 5.98. The Morgan fingerprint density at radius 2 is 1.84 bits per heavy atom. The molecule has 1 heterocycles. The molecule has 2 rings (SSSR count). The first kappa shape index (κ1) is 15.1. The Morgan fingerprint density at radius 3 is 2.21 bits per heavy atom. The molecule has 106 valence electrons. The van der Waals surface area contributed by atoms with Crippen molar-refractivity contribution in [1.29, 1.82) is 0 Å². The van der Waals surface area contributed by atoms with Gasteiger partial charge in [-0.1, -0.05) is 0 Å². The Labute approximate surface area is 125 Å². The Bertz CT molecular complexity index is 480. The van der Waals surface area contributed by atoms with Crippen LogP contribution in [-0.2, 0) is 16.5 Å². The molecule has 1 aliphatic rings. The van der Waals surface area contributed by atoms with Gasteiger partial charge in [-0.3, -0.25) is 0 Å². The number of aromatic nitrogens is 2. The molecule has 4 nitrogen and oxygen atoms in total. The quantitative estimate of drug-likeness (QED) is 0.845. The van der Waals surface area contributed by atoms with E-state index in [9.17, 15) is 4.21 Å². The Morgan fingerprint density at radius 1 is 1.32 bits per heavy atom. The van der Waals surface area contributed by atoms with Crippen LogP contribution in [0.5, 0.6) is 0 Å². The van der Waals surface area contributed by atoms with Gasteiger partial charge in [-0.15, -0.1) is 0 Å². The molecule has 19 heavy (non-hydrogen) atoms. The standard InChI is InChI=1S/C13H20BrN3OS/c1-12(2,3)19(18)17(4)13(6-5-7-13)11-15-8-10(14)9-16-11/h8-9H,5-7H2,1-4H3. The predicted molar refractivity (Wildman–Crippen MR) is 80.9 cm³/mol. The van der Waals surface area contributed by atoms with Crippen LogP contribution in [0.4, 0.5) is 0 Å². The summed E-state index contributed by atoms with van der Waals surface area (Å²) in [7, 11) is 0.858. The van der Waals surface area contributed by atoms with Gasteiger partial charge in [0.25, 0.3) is 0 Å². The number of hydrogen-bond acceptors (Lipinski definition) is 3. The van der Waals surface area contributed by atoms with E-state index in [0.29, 0.717) is 0 Å². The van der Waals surface area contributed by atoms with Gasteiger partial charge in [0.1, 0.15) is 16.8 Å². The van der Waals surface area contributed by atoms with E-state index < -0.39 is 11.0 Å². The average Bonchev–Trinajstić information content (AvgIpc) is 2.27. The van der Waals surface area contributed by atoms with E-state index in [4.69, 9.17) is 0 Å². The maximum Gasteiger partial charge on any atom is 0.149 e. The lowest BCUT2D eigenvalue weighted by atomic mass is 9.76. The van der Waals surface area contributed by atoms with E-state index in [1.165, 1.54) is 0 Å². The normalized spacial score (nSPS) is 20.1. The van der Waals surface area contributed by atoms with Crippen molar-refractivity contribution in [2.45, 2.75) is 50.3 Å². The second-order valence-electron chi connectivity index (χ2n) is 5.97. The van der Waals surface area contributed by atoms with Crippen LogP contribution in [0.3, 0.4) is 0 Å². The largest absolute Gasteiger partial charge is 0.242 e. The van der Waals surface area contributed by atoms with Gasteiger partial charge >= 0.3 is 0 Å². The summed E-state index contributed by atoms with van der Waals surface area (Å²) in [5, 5.41) is 0. The third kappa shape index (κ3) is 2.76. The zero-order chi connectivity index (χ0) is 14.3. The molecule has 1 aromatic heterocycles. The molecule has 0 saturated heterocycles. The SMILES string of the molecule is CN(S(=O)C(C)(C)C)C1(c2ncc(Br)cn2)CCC1. The highest BCUT2D eigenvalue weighted by Gasteiger charge is 2.48. The van der Waals surface area contributed by atoms with Crippen molar-refractivity contribution in [2.24, 2.45) is 0 Å². The summed E-state index contributed by atoms with van der Waals surface area (Å²) < 4.78 is 15.2. The molecular formula is C13H20BrN3OS. The van der Waals surface area contributed by atoms with Gasteiger partial charge in [0.2, 0.25) is 0 Å². The zero-order valence-electron chi connectivity index (χ0n) is 11.8. The summed E-state index contributed by atoms with van der Waals surface area (Å²) in [6, 6.07) is 0. The highest BCUT2D eigenvalue weighted by Crippen LogP contribution is 2.46. The van der Waals surface area contributed by atoms with Crippen molar-refractivity contribution >= 4 is 26.9 Å². The average molecular weight is 346 g/mol. The van der Waals surface area contributed by atoms with Gasteiger partial charge in [0.15, 0.2) is 0 Å². The minimum Gasteiger partial charge on any atom is -0.242 e. The van der Waals surface area contributed by atoms with Gasteiger partial charge in [0.05, 0.1) is 14.8 Å². The van der Waals surface area contributed by atoms with E-state index in [-0.39, 0.29) is 10.3 Å². The molecule has 0 amide bonds. The maximum absolute atomic E-state index is 12.6. The van der Waals surface area contributed by atoms with E-state index >= 15 is 0 Å². The van der Waals surface area contributed by atoms with Crippen LogP contribution >= 0.6 is 15.9 Å². The van der Waals surface area contributed by atoms with Gasteiger partial charge in [-0.05, 0) is 56.0 Å². The monoisotopic (exact) mass is 345 g/mol. The topological polar surface area (TPSA) is 46.1 Å². The third-order valence-corrected chi connectivity index (χ3v) is 5.90. The molecular weight excluding hydrogens is 326 g/mol. The predicted octanol–water partition coefficient (Wildman–Crippen LogP) is 3.01. The number of hydrogen-bond donors (Lipinski definition) is 0. The Hall–Kier alpha value is -0.330. The first-order chi connectivity index (χ1) is 8.77. The number of halogens is 1. The highest BCUT2D eigenvalue weighted by atomic mass is 79.9. The molecule has 0 N–H and O–H groups in total. The van der Waals surface area contributed by atoms with Crippen molar-refractivity contribution in [3.05, 3.63) is 22.7 Å². The Balaban J connectivity index is 2.33. The Kier molecular flexibility index (Phi) is 4.14. The molecule has 1 saturated carbocycles. The molecule has 0 radical (unpaired) electrons. The van der Waals surface area contributed by atoms with Gasteiger partial charge in [0, 0.05) is 19.4 Å². The van der Waals surface area contributed by atoms with Crippen LogP contribution < -0.4 is 0 Å². The molecule has 1 aliphatic carbocycles. The third-order valence-electron chi connectivity index (χ3n) is 3.59. The lowest BCUT2D eigenvalue weighted by Gasteiger charge is -2.47. The van der Waals surface area contributed by atoms with Gasteiger partial charge in [-0.2, -0.15) is 0 Å². The molecule has 0 spiro atoms. The van der Waals surface area contributed by atoms with E-state index in [2.05, 4.69) is 25.9 Å². The lowest BCUT2D eigenvalue weighted by molar-refractivity contribution is 0.0985. The number of nitrogens with zero attached hydrogens (tertiary/aromatic N) is 3. The van der Waals surface area contributed by atoms with Crippen LogP contribution in [0, 0.1) is 0 Å². The van der Waals surface area contributed by atoms with Crippen LogP contribution in [0.2, 0.25) is 0 Å². The summed E-state index contributed by atoms with van der Waals surface area (Å²) >= 11 is 3.35. The van der Waals surface area contributed by atoms with Crippen LogP contribution in [0.1, 0.15) is 45.9 Å². The second kappa shape index (κ2) is 5.22. The highest BCUT2D eigenvalue weighted by molar-refractivity contribution is 9.10. The lowest BCUT2D eigenvalue weighted by Crippen LogP contribution is -2.53. The van der Waals surface area contributed by atoms with Crippen molar-refractivity contribution < 1.29 is 4.21 Å². The fourth-order valence-corrected chi connectivity index (χ4v) is 3.92. The van der Waals surface area contributed by atoms with Crippen LogP contribution in [0.25, 0.3) is 0 Å². The molecule has 1 atom stereocenters. The van der Waals surface area contributed by atoms with E-state index in [1.54, 1.807) is 12.4 Å². The smallest absolute Gasteiger partial charge is 0.149 e. The van der Waals surface area contributed by atoms with Gasteiger partial charge < -0.3 is 0 Å². The zero-order valence-corrected chi connectivity index (χ0v) is 14.2. The first-order valence-electron chi connectivity index (χ1n) is 6.41. The fourth-order valence-electron chi connectivity index (χ4n) is 2.31. The van der Waals surface area contributed by atoms with Crippen molar-refractivity contribution in [3.8, 4) is 0 Å². The summed E-state index contributed by atoms with van der Waals surface area (Å²) in [5.41, 5.74) is -0.265. The van der Waals surface area contributed by atoms with E-state index in [0.717, 1.165) is 29.6 Å². The summed E-state index contributed by atoms with van der Waals surface area (Å²) in [5.74, 6) is 0.780. The van der Waals surface area contributed by atoms with Crippen LogP contribution in [0.15, 0.2) is 16.9 Å². The summed E-state index contributed by atoms with van der Waals surface area (Å²) in [4.78, 5) is 8.85. The molecule has 0 aliphatic heterocycles. The van der Waals surface area contributed by atoms with Crippen molar-refractivity contribution in [1.82, 2.24) is 14.3 Å². The fraction of sp³-hybridized carbons (Fsp3) is 0.692. The molecule has 6 heteroatoms. The van der Waals surface area contributed by atoms with Crippen LogP contribution in [-0.4, -0.2) is 30.3 Å². The number of rotatable bonds is 3. The molecule has 0 bridgehead atoms. The van der Waals surface area contributed by atoms with Crippen molar-refractivity contribution in [3.63, 3.8) is 0 Å². The second-order valence-corrected chi connectivity index (χ2v) is 9.16. The first-order valence-corrected chi connectivity index (χ1v) is 8.31. The molecule has 1 aromatic rings. The summed E-state index contributed by atoms with van der Waals surface area (Å²) in [6.07, 6.45) is 6.58. The van der Waals surface area contributed by atoms with Crippen molar-refractivity contribution in [2.75, 3.05) is 7.05 Å². The minimum atomic E-state index is -1.06. The maximum atomic E-state index is 12.6. The molecule has 0 aromatic carbocycles. The molecule has 1 unspecified atom stereocenters. The minimum absolute atomic E-state index is 0.265. The van der Waals surface area contributed by atoms with Gasteiger partial charge in [-0.25, -0.2) is 18.5 Å². The molecule has 1 fully saturated rings.